The largest absolute Gasteiger partial charge is 0.480 e. The Balaban J connectivity index is 1.72. The number of carboxylic acid groups (broad SMARTS) is 1. The van der Waals surface area contributed by atoms with Crippen LogP contribution in [0, 0.1) is 0 Å². The van der Waals surface area contributed by atoms with E-state index in [9.17, 15) is 9.59 Å². The molecule has 2 N–H and O–H groups in total. The molecule has 2 rings (SSSR count). The molecule has 2 unspecified atom stereocenters. The topological polar surface area (TPSA) is 82.1 Å². The number of hydrogen-bond acceptors (Lipinski definition) is 4. The summed E-state index contributed by atoms with van der Waals surface area (Å²) >= 11 is 0. The van der Waals surface area contributed by atoms with Crippen LogP contribution in [0.15, 0.2) is 30.3 Å². The number of ether oxygens (including phenoxy) is 1. The summed E-state index contributed by atoms with van der Waals surface area (Å²) in [5, 5.41) is 11.8. The molecule has 0 aromatic heterocycles. The Labute approximate surface area is 154 Å². The Morgan fingerprint density at radius 2 is 2.12 bits per heavy atom. The van der Waals surface area contributed by atoms with E-state index in [0.29, 0.717) is 38.7 Å². The number of nitrogens with one attached hydrogen (secondary N) is 1. The molecule has 1 aliphatic heterocycles. The van der Waals surface area contributed by atoms with Crippen LogP contribution < -0.4 is 5.32 Å². The van der Waals surface area contributed by atoms with Crippen molar-refractivity contribution in [1.82, 2.24) is 15.1 Å². The van der Waals surface area contributed by atoms with E-state index in [0.717, 1.165) is 6.42 Å². The maximum absolute atomic E-state index is 12.4. The third-order valence-corrected chi connectivity index (χ3v) is 4.57. The van der Waals surface area contributed by atoms with Gasteiger partial charge in [0.1, 0.15) is 0 Å². The average molecular weight is 363 g/mol. The lowest BCUT2D eigenvalue weighted by Gasteiger charge is -2.34. The van der Waals surface area contributed by atoms with Crippen molar-refractivity contribution in [1.29, 1.82) is 0 Å². The molecule has 7 nitrogen and oxygen atoms in total. The number of rotatable bonds is 8. The summed E-state index contributed by atoms with van der Waals surface area (Å²) in [6, 6.07) is 10.2. The molecule has 1 aromatic rings. The van der Waals surface area contributed by atoms with Gasteiger partial charge in [-0.15, -0.1) is 0 Å². The van der Waals surface area contributed by atoms with Gasteiger partial charge in [-0.25, -0.2) is 4.79 Å². The first-order valence-corrected chi connectivity index (χ1v) is 9.05. The third-order valence-electron chi connectivity index (χ3n) is 4.57. The summed E-state index contributed by atoms with van der Waals surface area (Å²) in [4.78, 5) is 26.6. The van der Waals surface area contributed by atoms with E-state index in [1.54, 1.807) is 16.8 Å². The normalized spacial score (nSPS) is 18.6. The maximum Gasteiger partial charge on any atom is 0.317 e. The van der Waals surface area contributed by atoms with E-state index in [1.165, 1.54) is 5.56 Å². The van der Waals surface area contributed by atoms with E-state index in [4.69, 9.17) is 9.84 Å². The van der Waals surface area contributed by atoms with Crippen molar-refractivity contribution in [2.24, 2.45) is 0 Å². The number of morpholine rings is 1. The van der Waals surface area contributed by atoms with Crippen LogP contribution in [0.1, 0.15) is 24.8 Å². The van der Waals surface area contributed by atoms with Gasteiger partial charge in [0.15, 0.2) is 0 Å². The number of likely N-dealkylation sites (N-methyl/N-ethyl adjacent to an activating group) is 1. The molecule has 0 bridgehead atoms. The summed E-state index contributed by atoms with van der Waals surface area (Å²) in [7, 11) is 1.74. The molecule has 2 amide bonds. The van der Waals surface area contributed by atoms with E-state index < -0.39 is 5.97 Å². The van der Waals surface area contributed by atoms with Crippen molar-refractivity contribution in [2.45, 2.75) is 25.4 Å². The van der Waals surface area contributed by atoms with Gasteiger partial charge in [-0.2, -0.15) is 0 Å². The van der Waals surface area contributed by atoms with Crippen LogP contribution in [0.4, 0.5) is 4.79 Å². The second-order valence-electron chi connectivity index (χ2n) is 6.86. The molecule has 2 atom stereocenters. The van der Waals surface area contributed by atoms with Gasteiger partial charge in [-0.05, 0) is 24.9 Å². The van der Waals surface area contributed by atoms with Crippen LogP contribution in [-0.4, -0.2) is 79.4 Å². The molecule has 0 radical (unpaired) electrons. The molecule has 0 saturated carbocycles. The van der Waals surface area contributed by atoms with Gasteiger partial charge in [0, 0.05) is 26.2 Å². The summed E-state index contributed by atoms with van der Waals surface area (Å²) in [5.74, 6) is -0.482. The van der Waals surface area contributed by atoms with E-state index in [1.807, 2.05) is 18.2 Å². The summed E-state index contributed by atoms with van der Waals surface area (Å²) in [5.41, 5.74) is 1.27. The Morgan fingerprint density at radius 1 is 1.38 bits per heavy atom. The van der Waals surface area contributed by atoms with Gasteiger partial charge in [-0.1, -0.05) is 37.3 Å². The van der Waals surface area contributed by atoms with Crippen LogP contribution in [0.3, 0.4) is 0 Å². The van der Waals surface area contributed by atoms with E-state index >= 15 is 0 Å². The minimum atomic E-state index is -0.870. The van der Waals surface area contributed by atoms with Gasteiger partial charge >= 0.3 is 12.0 Å². The fraction of sp³-hybridized carbons (Fsp3) is 0.579. The maximum atomic E-state index is 12.4. The highest BCUT2D eigenvalue weighted by Crippen LogP contribution is 2.17. The van der Waals surface area contributed by atoms with Gasteiger partial charge in [-0.3, -0.25) is 9.69 Å². The van der Waals surface area contributed by atoms with Crippen molar-refractivity contribution < 1.29 is 19.4 Å². The Morgan fingerprint density at radius 3 is 2.81 bits per heavy atom. The van der Waals surface area contributed by atoms with Crippen molar-refractivity contribution in [3.05, 3.63) is 35.9 Å². The molecule has 26 heavy (non-hydrogen) atoms. The molecule has 7 heteroatoms. The van der Waals surface area contributed by atoms with Crippen molar-refractivity contribution in [3.63, 3.8) is 0 Å². The fourth-order valence-electron chi connectivity index (χ4n) is 3.11. The summed E-state index contributed by atoms with van der Waals surface area (Å²) in [6.45, 7) is 4.73. The number of aliphatic carboxylic acids is 1. The molecule has 1 saturated heterocycles. The predicted molar refractivity (Wildman–Crippen MR) is 99.3 cm³/mol. The zero-order chi connectivity index (χ0) is 18.9. The number of nitrogens with zero attached hydrogens (tertiary/aromatic N) is 2. The number of urea groups is 1. The number of benzene rings is 1. The van der Waals surface area contributed by atoms with Crippen LogP contribution in [0.2, 0.25) is 0 Å². The zero-order valence-corrected chi connectivity index (χ0v) is 15.6. The Hall–Kier alpha value is -2.12. The lowest BCUT2D eigenvalue weighted by molar-refractivity contribution is -0.138. The van der Waals surface area contributed by atoms with Gasteiger partial charge < -0.3 is 20.1 Å². The van der Waals surface area contributed by atoms with Gasteiger partial charge in [0.25, 0.3) is 0 Å². The predicted octanol–water partition coefficient (Wildman–Crippen LogP) is 1.61. The molecule has 144 valence electrons. The molecular weight excluding hydrogens is 334 g/mol. The fourth-order valence-corrected chi connectivity index (χ4v) is 3.11. The van der Waals surface area contributed by atoms with E-state index in [2.05, 4.69) is 24.4 Å². The lowest BCUT2D eigenvalue weighted by atomic mass is 9.98. The van der Waals surface area contributed by atoms with E-state index in [-0.39, 0.29) is 18.7 Å². The number of hydrogen-bond donors (Lipinski definition) is 2. The zero-order valence-electron chi connectivity index (χ0n) is 15.6. The highest BCUT2D eigenvalue weighted by Gasteiger charge is 2.25. The van der Waals surface area contributed by atoms with Crippen LogP contribution in [0.5, 0.6) is 0 Å². The molecule has 1 aromatic carbocycles. The second-order valence-corrected chi connectivity index (χ2v) is 6.86. The quantitative estimate of drug-likeness (QED) is 0.733. The number of carboxylic acids is 1. The monoisotopic (exact) mass is 363 g/mol. The van der Waals surface area contributed by atoms with Gasteiger partial charge in [0.2, 0.25) is 0 Å². The first-order valence-electron chi connectivity index (χ1n) is 9.05. The molecule has 1 fully saturated rings. The standard InChI is InChI=1S/C19H29N3O4/c1-15(16-6-4-3-5-7-16)8-9-20-19(25)22-10-11-26-17(13-22)12-21(2)14-18(23)24/h3-7,15,17H,8-14H2,1-2H3,(H,20,25)(H,23,24). The highest BCUT2D eigenvalue weighted by molar-refractivity contribution is 5.74. The third kappa shape index (κ3) is 6.65. The summed E-state index contributed by atoms with van der Waals surface area (Å²) in [6.07, 6.45) is 0.715. The SMILES string of the molecule is CC(CCNC(=O)N1CCOC(CN(C)CC(=O)O)C1)c1ccccc1. The Bertz CT molecular complexity index is 581. The smallest absolute Gasteiger partial charge is 0.317 e. The Kier molecular flexibility index (Phi) is 7.87. The molecule has 0 spiro atoms. The van der Waals surface area contributed by atoms with Gasteiger partial charge in [0.05, 0.1) is 19.3 Å². The van der Waals surface area contributed by atoms with Crippen molar-refractivity contribution in [2.75, 3.05) is 46.4 Å². The number of carbonyl (C=O) groups excluding carboxylic acids is 1. The summed E-state index contributed by atoms with van der Waals surface area (Å²) < 4.78 is 5.65. The number of carbonyl (C=O) groups is 2. The van der Waals surface area contributed by atoms with Crippen LogP contribution >= 0.6 is 0 Å². The van der Waals surface area contributed by atoms with Crippen molar-refractivity contribution in [3.8, 4) is 0 Å². The average Bonchev–Trinajstić information content (AvgIpc) is 2.61. The minimum Gasteiger partial charge on any atom is -0.480 e. The highest BCUT2D eigenvalue weighted by atomic mass is 16.5. The minimum absolute atomic E-state index is 0.0383. The molecule has 0 aliphatic carbocycles. The molecule has 1 heterocycles. The first kappa shape index (κ1) is 20.2. The van der Waals surface area contributed by atoms with Crippen molar-refractivity contribution >= 4 is 12.0 Å². The first-order chi connectivity index (χ1) is 12.5. The molecule has 1 aliphatic rings. The lowest BCUT2D eigenvalue weighted by Crippen LogP contribution is -2.52. The number of amides is 2. The second kappa shape index (κ2) is 10.1. The van der Waals surface area contributed by atoms with Crippen LogP contribution in [0.25, 0.3) is 0 Å². The van der Waals surface area contributed by atoms with Crippen LogP contribution in [-0.2, 0) is 9.53 Å². The molecular formula is C19H29N3O4.